The van der Waals surface area contributed by atoms with E-state index in [9.17, 15) is 18.3 Å². The number of carbonyl (C=O) groups is 1. The first-order valence-electron chi connectivity index (χ1n) is 9.70. The molecule has 8 heteroatoms. The van der Waals surface area contributed by atoms with Gasteiger partial charge in [0.05, 0.1) is 11.1 Å². The summed E-state index contributed by atoms with van der Waals surface area (Å²) in [6.07, 6.45) is 2.79. The number of aliphatic hydroxyl groups is 1. The fraction of sp³-hybridized carbons (Fsp3) is 0.381. The Morgan fingerprint density at radius 1 is 1.07 bits per heavy atom. The molecule has 2 aromatic carbocycles. The molecular weight excluding hydrogens is 412 g/mol. The molecule has 0 saturated carbocycles. The molecule has 3 rings (SSSR count). The predicted octanol–water partition coefficient (Wildman–Crippen LogP) is 3.37. The van der Waals surface area contributed by atoms with Crippen LogP contribution in [0.4, 0.5) is 0 Å². The molecule has 29 heavy (non-hydrogen) atoms. The van der Waals surface area contributed by atoms with Gasteiger partial charge in [0.1, 0.15) is 4.90 Å². The van der Waals surface area contributed by atoms with Crippen LogP contribution in [-0.4, -0.2) is 43.4 Å². The molecule has 1 amide bonds. The first kappa shape index (κ1) is 21.8. The first-order valence-corrected chi connectivity index (χ1v) is 11.5. The van der Waals surface area contributed by atoms with E-state index in [1.807, 2.05) is 6.07 Å². The van der Waals surface area contributed by atoms with E-state index in [-0.39, 0.29) is 22.0 Å². The van der Waals surface area contributed by atoms with Crippen LogP contribution in [0.3, 0.4) is 0 Å². The third kappa shape index (κ3) is 5.36. The summed E-state index contributed by atoms with van der Waals surface area (Å²) >= 11 is 6.18. The van der Waals surface area contributed by atoms with Crippen molar-refractivity contribution < 1.29 is 18.3 Å². The Morgan fingerprint density at radius 3 is 2.38 bits per heavy atom. The predicted molar refractivity (Wildman–Crippen MR) is 112 cm³/mol. The Hall–Kier alpha value is -1.93. The highest BCUT2D eigenvalue weighted by atomic mass is 35.5. The number of rotatable bonds is 6. The quantitative estimate of drug-likeness (QED) is 0.726. The molecule has 156 valence electrons. The summed E-state index contributed by atoms with van der Waals surface area (Å²) < 4.78 is 27.6. The van der Waals surface area contributed by atoms with Gasteiger partial charge in [0.15, 0.2) is 0 Å². The Balaban J connectivity index is 1.75. The molecule has 1 atom stereocenters. The van der Waals surface area contributed by atoms with Crippen molar-refractivity contribution in [2.75, 3.05) is 19.6 Å². The van der Waals surface area contributed by atoms with Gasteiger partial charge in [0.2, 0.25) is 10.0 Å². The number of amides is 1. The van der Waals surface area contributed by atoms with Gasteiger partial charge in [-0.25, -0.2) is 8.42 Å². The minimum atomic E-state index is -3.77. The van der Waals surface area contributed by atoms with E-state index >= 15 is 0 Å². The smallest absolute Gasteiger partial charge is 0.251 e. The Kier molecular flexibility index (Phi) is 7.29. The Morgan fingerprint density at radius 2 is 1.72 bits per heavy atom. The summed E-state index contributed by atoms with van der Waals surface area (Å²) in [7, 11) is -3.77. The first-order chi connectivity index (χ1) is 13.9. The molecule has 0 aliphatic carbocycles. The number of nitrogens with zero attached hydrogens (tertiary/aromatic N) is 1. The molecule has 1 aliphatic heterocycles. The summed E-state index contributed by atoms with van der Waals surface area (Å²) in [5.74, 6) is -0.469. The molecule has 1 aliphatic rings. The van der Waals surface area contributed by atoms with Gasteiger partial charge in [-0.05, 0) is 36.6 Å². The van der Waals surface area contributed by atoms with Crippen molar-refractivity contribution in [3.8, 4) is 0 Å². The normalized spacial score (nSPS) is 16.8. The van der Waals surface area contributed by atoms with Crippen LogP contribution in [0.5, 0.6) is 0 Å². The van der Waals surface area contributed by atoms with Gasteiger partial charge < -0.3 is 10.4 Å². The average Bonchev–Trinajstić information content (AvgIpc) is 3.03. The largest absolute Gasteiger partial charge is 0.387 e. The standard InChI is InChI=1S/C21H25ClN2O4S/c22-18-11-10-17(21(26)23-15-19(25)16-8-4-3-5-9-16)14-20(18)29(27,28)24-12-6-1-2-7-13-24/h3-5,8-11,14,19,25H,1-2,6-7,12-13,15H2,(H,23,26)/t19-/m0/s1. The van der Waals surface area contributed by atoms with Crippen molar-refractivity contribution >= 4 is 27.5 Å². The second-order valence-corrected chi connectivity index (χ2v) is 9.41. The second-order valence-electron chi connectivity index (χ2n) is 7.10. The Bertz CT molecular complexity index is 942. The van der Waals surface area contributed by atoms with Crippen LogP contribution in [0.1, 0.15) is 47.7 Å². The number of sulfonamides is 1. The van der Waals surface area contributed by atoms with Crippen molar-refractivity contribution in [3.05, 3.63) is 64.7 Å². The molecule has 6 nitrogen and oxygen atoms in total. The Labute approximate surface area is 176 Å². The topological polar surface area (TPSA) is 86.7 Å². The second kappa shape index (κ2) is 9.71. The van der Waals surface area contributed by atoms with E-state index < -0.39 is 22.0 Å². The maximum atomic E-state index is 13.1. The van der Waals surface area contributed by atoms with E-state index in [2.05, 4.69) is 5.32 Å². The number of hydrogen-bond acceptors (Lipinski definition) is 4. The number of hydrogen-bond donors (Lipinski definition) is 2. The van der Waals surface area contributed by atoms with Gasteiger partial charge in [-0.2, -0.15) is 4.31 Å². The summed E-state index contributed by atoms with van der Waals surface area (Å²) in [6.45, 7) is 0.927. The number of nitrogens with one attached hydrogen (secondary N) is 1. The van der Waals surface area contributed by atoms with Gasteiger partial charge in [0, 0.05) is 25.2 Å². The van der Waals surface area contributed by atoms with Crippen LogP contribution in [0.15, 0.2) is 53.4 Å². The van der Waals surface area contributed by atoms with Crippen LogP contribution in [-0.2, 0) is 10.0 Å². The molecule has 0 unspecified atom stereocenters. The SMILES string of the molecule is O=C(NC[C@H](O)c1ccccc1)c1ccc(Cl)c(S(=O)(=O)N2CCCCCC2)c1. The van der Waals surface area contributed by atoms with Crippen LogP contribution in [0.2, 0.25) is 5.02 Å². The summed E-state index contributed by atoms with van der Waals surface area (Å²) in [5.41, 5.74) is 0.872. The zero-order chi connectivity index (χ0) is 20.9. The number of benzene rings is 2. The average molecular weight is 437 g/mol. The van der Waals surface area contributed by atoms with E-state index in [1.165, 1.54) is 22.5 Å². The number of halogens is 1. The molecule has 0 spiro atoms. The fourth-order valence-electron chi connectivity index (χ4n) is 3.35. The molecule has 1 fully saturated rings. The molecule has 1 saturated heterocycles. The van der Waals surface area contributed by atoms with Crippen molar-refractivity contribution in [2.24, 2.45) is 0 Å². The fourth-order valence-corrected chi connectivity index (χ4v) is 5.37. The molecule has 0 bridgehead atoms. The van der Waals surface area contributed by atoms with Gasteiger partial charge in [0.25, 0.3) is 5.91 Å². The zero-order valence-electron chi connectivity index (χ0n) is 16.1. The monoisotopic (exact) mass is 436 g/mol. The summed E-state index contributed by atoms with van der Waals surface area (Å²) in [4.78, 5) is 12.5. The van der Waals surface area contributed by atoms with Crippen molar-refractivity contribution in [3.63, 3.8) is 0 Å². The van der Waals surface area contributed by atoms with E-state index in [1.54, 1.807) is 24.3 Å². The maximum Gasteiger partial charge on any atom is 0.251 e. The molecule has 2 aromatic rings. The molecule has 0 aromatic heterocycles. The van der Waals surface area contributed by atoms with Crippen molar-refractivity contribution in [1.29, 1.82) is 0 Å². The highest BCUT2D eigenvalue weighted by Crippen LogP contribution is 2.27. The van der Waals surface area contributed by atoms with Crippen molar-refractivity contribution in [2.45, 2.75) is 36.7 Å². The molecule has 1 heterocycles. The van der Waals surface area contributed by atoms with Crippen LogP contribution in [0.25, 0.3) is 0 Å². The lowest BCUT2D eigenvalue weighted by molar-refractivity contribution is 0.0916. The van der Waals surface area contributed by atoms with E-state index in [0.29, 0.717) is 18.7 Å². The van der Waals surface area contributed by atoms with Gasteiger partial charge >= 0.3 is 0 Å². The molecule has 0 radical (unpaired) electrons. The summed E-state index contributed by atoms with van der Waals surface area (Å²) in [5, 5.41) is 12.9. The minimum absolute atomic E-state index is 0.0136. The number of aliphatic hydroxyl groups excluding tert-OH is 1. The highest BCUT2D eigenvalue weighted by molar-refractivity contribution is 7.89. The zero-order valence-corrected chi connectivity index (χ0v) is 17.6. The minimum Gasteiger partial charge on any atom is -0.387 e. The maximum absolute atomic E-state index is 13.1. The third-order valence-corrected chi connectivity index (χ3v) is 7.40. The van der Waals surface area contributed by atoms with Gasteiger partial charge in [-0.1, -0.05) is 54.8 Å². The van der Waals surface area contributed by atoms with Gasteiger partial charge in [-0.3, -0.25) is 4.79 Å². The van der Waals surface area contributed by atoms with E-state index in [4.69, 9.17) is 11.6 Å². The van der Waals surface area contributed by atoms with Crippen molar-refractivity contribution in [1.82, 2.24) is 9.62 Å². The van der Waals surface area contributed by atoms with Crippen LogP contribution < -0.4 is 5.32 Å². The lowest BCUT2D eigenvalue weighted by Gasteiger charge is -2.21. The van der Waals surface area contributed by atoms with Gasteiger partial charge in [-0.15, -0.1) is 0 Å². The third-order valence-electron chi connectivity index (χ3n) is 5.02. The van der Waals surface area contributed by atoms with E-state index in [0.717, 1.165) is 25.7 Å². The lowest BCUT2D eigenvalue weighted by atomic mass is 10.1. The molecule has 2 N–H and O–H groups in total. The van der Waals surface area contributed by atoms with Crippen LogP contribution in [0, 0.1) is 0 Å². The highest BCUT2D eigenvalue weighted by Gasteiger charge is 2.28. The van der Waals surface area contributed by atoms with Crippen LogP contribution >= 0.6 is 11.6 Å². The molecular formula is C21H25ClN2O4S. The number of carbonyl (C=O) groups excluding carboxylic acids is 1. The lowest BCUT2D eigenvalue weighted by Crippen LogP contribution is -2.32. The summed E-state index contributed by atoms with van der Waals surface area (Å²) in [6, 6.07) is 13.2.